The molecular weight excluding hydrogens is 250 g/mol. The van der Waals surface area contributed by atoms with Crippen LogP contribution < -0.4 is 4.74 Å². The maximum Gasteiger partial charge on any atom is 0.118 e. The van der Waals surface area contributed by atoms with Crippen LogP contribution in [-0.2, 0) is 5.60 Å². The first-order chi connectivity index (χ1) is 9.63. The Balaban J connectivity index is 2.12. The molecule has 0 aliphatic carbocycles. The predicted octanol–water partition coefficient (Wildman–Crippen LogP) is 3.43. The molecule has 0 amide bonds. The van der Waals surface area contributed by atoms with E-state index in [0.717, 1.165) is 27.8 Å². The highest BCUT2D eigenvalue weighted by molar-refractivity contribution is 5.84. The van der Waals surface area contributed by atoms with Crippen LogP contribution >= 0.6 is 0 Å². The van der Waals surface area contributed by atoms with Crippen molar-refractivity contribution in [3.8, 4) is 5.75 Å². The molecule has 102 valence electrons. The minimum absolute atomic E-state index is 0.782. The second kappa shape index (κ2) is 4.69. The molecule has 3 heteroatoms. The average Bonchev–Trinajstić information content (AvgIpc) is 2.95. The van der Waals surface area contributed by atoms with Crippen molar-refractivity contribution in [2.75, 3.05) is 7.11 Å². The van der Waals surface area contributed by atoms with Crippen LogP contribution in [0.15, 0.2) is 54.7 Å². The van der Waals surface area contributed by atoms with Crippen molar-refractivity contribution in [3.05, 3.63) is 65.9 Å². The summed E-state index contributed by atoms with van der Waals surface area (Å²) < 4.78 is 5.16. The van der Waals surface area contributed by atoms with E-state index in [0.29, 0.717) is 0 Å². The number of methoxy groups -OCH3 is 1. The van der Waals surface area contributed by atoms with Gasteiger partial charge in [-0.15, -0.1) is 0 Å². The molecule has 1 aromatic heterocycles. The van der Waals surface area contributed by atoms with E-state index >= 15 is 0 Å². The Morgan fingerprint density at radius 2 is 1.80 bits per heavy atom. The molecule has 2 N–H and O–H groups in total. The zero-order chi connectivity index (χ0) is 14.2. The summed E-state index contributed by atoms with van der Waals surface area (Å²) in [6, 6.07) is 15.4. The zero-order valence-electron chi connectivity index (χ0n) is 11.6. The van der Waals surface area contributed by atoms with Crippen molar-refractivity contribution < 1.29 is 9.84 Å². The monoisotopic (exact) mass is 267 g/mol. The number of nitrogens with one attached hydrogen (secondary N) is 1. The third-order valence-corrected chi connectivity index (χ3v) is 3.77. The lowest BCUT2D eigenvalue weighted by atomic mass is 9.86. The van der Waals surface area contributed by atoms with Gasteiger partial charge in [0, 0.05) is 17.1 Å². The Kier molecular flexibility index (Phi) is 2.99. The van der Waals surface area contributed by atoms with Gasteiger partial charge in [-0.3, -0.25) is 0 Å². The number of aromatic nitrogens is 1. The van der Waals surface area contributed by atoms with Crippen LogP contribution in [0.1, 0.15) is 18.1 Å². The first-order valence-electron chi connectivity index (χ1n) is 6.56. The number of rotatable bonds is 3. The van der Waals surface area contributed by atoms with E-state index in [1.807, 2.05) is 61.7 Å². The van der Waals surface area contributed by atoms with Gasteiger partial charge in [0.2, 0.25) is 0 Å². The molecule has 2 aromatic carbocycles. The lowest BCUT2D eigenvalue weighted by Crippen LogP contribution is -2.22. The second-order valence-corrected chi connectivity index (χ2v) is 5.05. The minimum atomic E-state index is -1.05. The molecule has 0 aliphatic rings. The van der Waals surface area contributed by atoms with Gasteiger partial charge in [0.1, 0.15) is 11.4 Å². The predicted molar refractivity (Wildman–Crippen MR) is 80.0 cm³/mol. The molecule has 20 heavy (non-hydrogen) atoms. The van der Waals surface area contributed by atoms with Crippen LogP contribution in [-0.4, -0.2) is 17.2 Å². The molecular formula is C17H17NO2. The van der Waals surface area contributed by atoms with Gasteiger partial charge in [-0.25, -0.2) is 0 Å². The number of ether oxygens (including phenoxy) is 1. The smallest absolute Gasteiger partial charge is 0.118 e. The molecule has 0 saturated heterocycles. The molecule has 3 nitrogen and oxygen atoms in total. The number of fused-ring (bicyclic) bond motifs is 1. The van der Waals surface area contributed by atoms with Crippen LogP contribution in [0.25, 0.3) is 10.9 Å². The molecule has 0 spiro atoms. The van der Waals surface area contributed by atoms with Gasteiger partial charge in [-0.2, -0.15) is 0 Å². The highest BCUT2D eigenvalue weighted by Crippen LogP contribution is 2.34. The highest BCUT2D eigenvalue weighted by atomic mass is 16.5. The van der Waals surface area contributed by atoms with E-state index in [4.69, 9.17) is 4.74 Å². The van der Waals surface area contributed by atoms with Crippen molar-refractivity contribution in [1.82, 2.24) is 4.98 Å². The summed E-state index contributed by atoms with van der Waals surface area (Å²) in [4.78, 5) is 3.17. The topological polar surface area (TPSA) is 45.2 Å². The molecule has 3 aromatic rings. The number of hydrogen-bond acceptors (Lipinski definition) is 2. The van der Waals surface area contributed by atoms with E-state index in [-0.39, 0.29) is 0 Å². The Morgan fingerprint density at radius 1 is 1.05 bits per heavy atom. The fourth-order valence-corrected chi connectivity index (χ4v) is 2.58. The van der Waals surface area contributed by atoms with Crippen molar-refractivity contribution in [3.63, 3.8) is 0 Å². The fraction of sp³-hybridized carbons (Fsp3) is 0.176. The van der Waals surface area contributed by atoms with Crippen molar-refractivity contribution >= 4 is 10.9 Å². The van der Waals surface area contributed by atoms with E-state index in [1.54, 1.807) is 7.11 Å². The zero-order valence-corrected chi connectivity index (χ0v) is 11.6. The second-order valence-electron chi connectivity index (χ2n) is 5.05. The van der Waals surface area contributed by atoms with Gasteiger partial charge in [0.05, 0.1) is 7.11 Å². The molecule has 3 rings (SSSR count). The minimum Gasteiger partial charge on any atom is -0.497 e. The number of benzene rings is 2. The van der Waals surface area contributed by atoms with Crippen LogP contribution in [0.2, 0.25) is 0 Å². The SMILES string of the molecule is COc1ccc(C(C)(O)c2cccc3[nH]ccc23)cc1. The molecule has 0 fully saturated rings. The van der Waals surface area contributed by atoms with E-state index in [9.17, 15) is 5.11 Å². The molecule has 0 aliphatic heterocycles. The highest BCUT2D eigenvalue weighted by Gasteiger charge is 2.27. The number of aliphatic hydroxyl groups is 1. The molecule has 0 saturated carbocycles. The van der Waals surface area contributed by atoms with Gasteiger partial charge in [-0.1, -0.05) is 24.3 Å². The van der Waals surface area contributed by atoms with Crippen LogP contribution in [0.4, 0.5) is 0 Å². The Hall–Kier alpha value is -2.26. The van der Waals surface area contributed by atoms with Crippen LogP contribution in [0.5, 0.6) is 5.75 Å². The number of H-pyrrole nitrogens is 1. The quantitative estimate of drug-likeness (QED) is 0.763. The summed E-state index contributed by atoms with van der Waals surface area (Å²) in [7, 11) is 1.63. The Labute approximate surface area is 117 Å². The van der Waals surface area contributed by atoms with Gasteiger partial charge in [0.15, 0.2) is 0 Å². The maximum atomic E-state index is 11.0. The third-order valence-electron chi connectivity index (χ3n) is 3.77. The number of hydrogen-bond donors (Lipinski definition) is 2. The first kappa shape index (κ1) is 12.8. The summed E-state index contributed by atoms with van der Waals surface area (Å²) >= 11 is 0. The summed E-state index contributed by atoms with van der Waals surface area (Å²) in [6.45, 7) is 1.82. The lowest BCUT2D eigenvalue weighted by Gasteiger charge is -2.25. The Bertz CT molecular complexity index is 726. The normalized spacial score (nSPS) is 14.2. The number of aromatic amines is 1. The summed E-state index contributed by atoms with van der Waals surface area (Å²) in [5.41, 5.74) is 1.71. The fourth-order valence-electron chi connectivity index (χ4n) is 2.58. The van der Waals surface area contributed by atoms with E-state index in [2.05, 4.69) is 4.98 Å². The molecule has 0 radical (unpaired) electrons. The summed E-state index contributed by atoms with van der Waals surface area (Å²) in [5, 5.41) is 12.0. The maximum absolute atomic E-state index is 11.0. The van der Waals surface area contributed by atoms with Crippen LogP contribution in [0, 0.1) is 0 Å². The Morgan fingerprint density at radius 3 is 2.50 bits per heavy atom. The summed E-state index contributed by atoms with van der Waals surface area (Å²) in [6.07, 6.45) is 1.89. The van der Waals surface area contributed by atoms with E-state index < -0.39 is 5.60 Å². The van der Waals surface area contributed by atoms with Crippen molar-refractivity contribution in [2.24, 2.45) is 0 Å². The standard InChI is InChI=1S/C17H17NO2/c1-17(19,12-6-8-13(20-2)9-7-12)15-4-3-5-16-14(15)10-11-18-16/h3-11,18-19H,1-2H3. The van der Waals surface area contributed by atoms with E-state index in [1.165, 1.54) is 0 Å². The van der Waals surface area contributed by atoms with Crippen molar-refractivity contribution in [2.45, 2.75) is 12.5 Å². The molecule has 1 atom stereocenters. The lowest BCUT2D eigenvalue weighted by molar-refractivity contribution is 0.104. The third kappa shape index (κ3) is 1.96. The molecule has 0 bridgehead atoms. The first-order valence-corrected chi connectivity index (χ1v) is 6.56. The van der Waals surface area contributed by atoms with Gasteiger partial charge in [-0.05, 0) is 42.3 Å². The van der Waals surface area contributed by atoms with Gasteiger partial charge >= 0.3 is 0 Å². The largest absolute Gasteiger partial charge is 0.497 e. The average molecular weight is 267 g/mol. The van der Waals surface area contributed by atoms with Gasteiger partial charge in [0.25, 0.3) is 0 Å². The van der Waals surface area contributed by atoms with Crippen molar-refractivity contribution in [1.29, 1.82) is 0 Å². The summed E-state index contributed by atoms with van der Waals surface area (Å²) in [5.74, 6) is 0.782. The molecule has 1 heterocycles. The molecule has 1 unspecified atom stereocenters. The van der Waals surface area contributed by atoms with Crippen LogP contribution in [0.3, 0.4) is 0 Å². The van der Waals surface area contributed by atoms with Gasteiger partial charge < -0.3 is 14.8 Å².